The monoisotopic (exact) mass is 257 g/mol. The Bertz CT molecular complexity index is 478. The number of nitrogens with one attached hydrogen (secondary N) is 1. The molecule has 1 nitrogen and oxygen atoms in total. The van der Waals surface area contributed by atoms with E-state index in [4.69, 9.17) is 0 Å². The summed E-state index contributed by atoms with van der Waals surface area (Å²) in [7, 11) is 0. The van der Waals surface area contributed by atoms with Crippen LogP contribution in [0.4, 0.5) is 4.39 Å². The molecule has 0 aliphatic heterocycles. The van der Waals surface area contributed by atoms with Crippen LogP contribution in [-0.4, -0.2) is 13.1 Å². The van der Waals surface area contributed by atoms with Crippen molar-refractivity contribution in [3.8, 4) is 0 Å². The fraction of sp³-hybridized carbons (Fsp3) is 0.294. The van der Waals surface area contributed by atoms with Crippen LogP contribution in [0.15, 0.2) is 54.6 Å². The van der Waals surface area contributed by atoms with E-state index >= 15 is 0 Å². The van der Waals surface area contributed by atoms with Crippen molar-refractivity contribution in [2.45, 2.75) is 19.3 Å². The van der Waals surface area contributed by atoms with Crippen molar-refractivity contribution in [2.24, 2.45) is 0 Å². The molecule has 0 saturated heterocycles. The summed E-state index contributed by atoms with van der Waals surface area (Å²) in [5, 5.41) is 3.40. The molecule has 0 amide bonds. The SMILES string of the molecule is CCNCC(Cc1ccc(F)cc1)c1ccccc1. The Balaban J connectivity index is 2.11. The summed E-state index contributed by atoms with van der Waals surface area (Å²) in [6.07, 6.45) is 0.928. The fourth-order valence-corrected chi connectivity index (χ4v) is 2.26. The van der Waals surface area contributed by atoms with Crippen molar-refractivity contribution < 1.29 is 4.39 Å². The van der Waals surface area contributed by atoms with Crippen LogP contribution in [0.5, 0.6) is 0 Å². The molecule has 0 heterocycles. The number of likely N-dealkylation sites (N-methyl/N-ethyl adjacent to an activating group) is 1. The van der Waals surface area contributed by atoms with Crippen molar-refractivity contribution in [1.29, 1.82) is 0 Å². The van der Waals surface area contributed by atoms with Gasteiger partial charge in [0.2, 0.25) is 0 Å². The summed E-state index contributed by atoms with van der Waals surface area (Å²) >= 11 is 0. The molecule has 2 aromatic rings. The predicted octanol–water partition coefficient (Wildman–Crippen LogP) is 3.76. The Labute approximate surface area is 114 Å². The minimum Gasteiger partial charge on any atom is -0.316 e. The molecule has 0 fully saturated rings. The molecule has 2 rings (SSSR count). The molecule has 1 unspecified atom stereocenters. The summed E-state index contributed by atoms with van der Waals surface area (Å²) in [6.45, 7) is 4.02. The van der Waals surface area contributed by atoms with Crippen LogP contribution in [0.3, 0.4) is 0 Å². The van der Waals surface area contributed by atoms with E-state index in [9.17, 15) is 4.39 Å². The van der Waals surface area contributed by atoms with Gasteiger partial charge in [0.15, 0.2) is 0 Å². The van der Waals surface area contributed by atoms with Crippen molar-refractivity contribution in [3.05, 3.63) is 71.5 Å². The Hall–Kier alpha value is -1.67. The maximum absolute atomic E-state index is 12.9. The first-order chi connectivity index (χ1) is 9.29. The smallest absolute Gasteiger partial charge is 0.123 e. The summed E-state index contributed by atoms with van der Waals surface area (Å²) in [5.74, 6) is 0.248. The lowest BCUT2D eigenvalue weighted by molar-refractivity contribution is 0.592. The number of rotatable bonds is 6. The topological polar surface area (TPSA) is 12.0 Å². The molecule has 19 heavy (non-hydrogen) atoms. The molecule has 0 spiro atoms. The van der Waals surface area contributed by atoms with E-state index < -0.39 is 0 Å². The second-order valence-corrected chi connectivity index (χ2v) is 4.75. The van der Waals surface area contributed by atoms with Crippen LogP contribution in [0, 0.1) is 5.82 Å². The lowest BCUT2D eigenvalue weighted by atomic mass is 9.92. The van der Waals surface area contributed by atoms with Crippen LogP contribution >= 0.6 is 0 Å². The number of hydrogen-bond acceptors (Lipinski definition) is 1. The summed E-state index contributed by atoms with van der Waals surface area (Å²) in [4.78, 5) is 0. The number of benzene rings is 2. The quantitative estimate of drug-likeness (QED) is 0.830. The molecule has 100 valence electrons. The van der Waals surface area contributed by atoms with E-state index in [0.717, 1.165) is 19.5 Å². The summed E-state index contributed by atoms with van der Waals surface area (Å²) in [6, 6.07) is 17.3. The average molecular weight is 257 g/mol. The van der Waals surface area contributed by atoms with Crippen LogP contribution in [0.25, 0.3) is 0 Å². The van der Waals surface area contributed by atoms with Crippen molar-refractivity contribution in [2.75, 3.05) is 13.1 Å². The molecule has 2 heteroatoms. The van der Waals surface area contributed by atoms with Gasteiger partial charge in [-0.25, -0.2) is 4.39 Å². The minimum absolute atomic E-state index is 0.174. The molecule has 1 atom stereocenters. The van der Waals surface area contributed by atoms with Gasteiger partial charge in [-0.2, -0.15) is 0 Å². The van der Waals surface area contributed by atoms with Gasteiger partial charge in [0, 0.05) is 12.5 Å². The average Bonchev–Trinajstić information content (AvgIpc) is 2.46. The third kappa shape index (κ3) is 4.18. The standard InChI is InChI=1S/C17H20FN/c1-2-19-13-16(15-6-4-3-5-7-15)12-14-8-10-17(18)11-9-14/h3-11,16,19H,2,12-13H2,1H3. The van der Waals surface area contributed by atoms with Gasteiger partial charge in [-0.3, -0.25) is 0 Å². The fourth-order valence-electron chi connectivity index (χ4n) is 2.26. The van der Waals surface area contributed by atoms with E-state index in [1.54, 1.807) is 0 Å². The molecule has 0 bridgehead atoms. The molecule has 2 aromatic carbocycles. The lowest BCUT2D eigenvalue weighted by Gasteiger charge is -2.18. The molecule has 0 saturated carbocycles. The van der Waals surface area contributed by atoms with Gasteiger partial charge in [0.1, 0.15) is 5.82 Å². The van der Waals surface area contributed by atoms with Crippen LogP contribution in [0.1, 0.15) is 24.0 Å². The Morgan fingerprint density at radius 3 is 2.32 bits per heavy atom. The number of hydrogen-bond donors (Lipinski definition) is 1. The lowest BCUT2D eigenvalue weighted by Crippen LogP contribution is -2.22. The molecular formula is C17H20FN. The van der Waals surface area contributed by atoms with Gasteiger partial charge in [0.25, 0.3) is 0 Å². The molecule has 0 aliphatic rings. The molecule has 1 N–H and O–H groups in total. The zero-order valence-corrected chi connectivity index (χ0v) is 11.3. The second kappa shape index (κ2) is 7.05. The van der Waals surface area contributed by atoms with Gasteiger partial charge in [-0.15, -0.1) is 0 Å². The Morgan fingerprint density at radius 2 is 1.68 bits per heavy atom. The maximum Gasteiger partial charge on any atom is 0.123 e. The summed E-state index contributed by atoms with van der Waals surface area (Å²) in [5.41, 5.74) is 2.50. The van der Waals surface area contributed by atoms with Crippen molar-refractivity contribution in [3.63, 3.8) is 0 Å². The van der Waals surface area contributed by atoms with Gasteiger partial charge in [-0.1, -0.05) is 49.4 Å². The second-order valence-electron chi connectivity index (χ2n) is 4.75. The van der Waals surface area contributed by atoms with Gasteiger partial charge < -0.3 is 5.32 Å². The first-order valence-corrected chi connectivity index (χ1v) is 6.79. The predicted molar refractivity (Wildman–Crippen MR) is 77.8 cm³/mol. The van der Waals surface area contributed by atoms with E-state index in [1.165, 1.54) is 23.3 Å². The highest BCUT2D eigenvalue weighted by Gasteiger charge is 2.11. The normalized spacial score (nSPS) is 12.3. The third-order valence-electron chi connectivity index (χ3n) is 3.31. The van der Waals surface area contributed by atoms with Crippen molar-refractivity contribution in [1.82, 2.24) is 5.32 Å². The first kappa shape index (κ1) is 13.8. The van der Waals surface area contributed by atoms with Crippen LogP contribution < -0.4 is 5.32 Å². The highest BCUT2D eigenvalue weighted by Crippen LogP contribution is 2.20. The maximum atomic E-state index is 12.9. The highest BCUT2D eigenvalue weighted by molar-refractivity contribution is 5.25. The number of halogens is 1. The van der Waals surface area contributed by atoms with E-state index in [-0.39, 0.29) is 5.82 Å². The van der Waals surface area contributed by atoms with Gasteiger partial charge in [-0.05, 0) is 36.2 Å². The van der Waals surface area contributed by atoms with E-state index in [2.05, 4.69) is 36.5 Å². The largest absolute Gasteiger partial charge is 0.316 e. The van der Waals surface area contributed by atoms with E-state index in [0.29, 0.717) is 5.92 Å². The van der Waals surface area contributed by atoms with Crippen molar-refractivity contribution >= 4 is 0 Å². The minimum atomic E-state index is -0.174. The molecular weight excluding hydrogens is 237 g/mol. The van der Waals surface area contributed by atoms with E-state index in [1.807, 2.05) is 18.2 Å². The van der Waals surface area contributed by atoms with Gasteiger partial charge >= 0.3 is 0 Å². The van der Waals surface area contributed by atoms with Crippen LogP contribution in [-0.2, 0) is 6.42 Å². The Morgan fingerprint density at radius 1 is 1.00 bits per heavy atom. The highest BCUT2D eigenvalue weighted by atomic mass is 19.1. The zero-order valence-electron chi connectivity index (χ0n) is 11.3. The zero-order chi connectivity index (χ0) is 13.5. The van der Waals surface area contributed by atoms with Gasteiger partial charge in [0.05, 0.1) is 0 Å². The first-order valence-electron chi connectivity index (χ1n) is 6.79. The molecule has 0 aliphatic carbocycles. The molecule has 0 radical (unpaired) electrons. The summed E-state index contributed by atoms with van der Waals surface area (Å²) < 4.78 is 12.9. The Kier molecular flexibility index (Phi) is 5.10. The molecule has 0 aromatic heterocycles. The van der Waals surface area contributed by atoms with Crippen LogP contribution in [0.2, 0.25) is 0 Å². The third-order valence-corrected chi connectivity index (χ3v) is 3.31.